The third-order valence-electron chi connectivity index (χ3n) is 5.18. The van der Waals surface area contributed by atoms with Crippen LogP contribution in [0.4, 0.5) is 0 Å². The van der Waals surface area contributed by atoms with Crippen molar-refractivity contribution in [3.8, 4) is 5.75 Å². The molecule has 2 heterocycles. The molecule has 130 valence electrons. The van der Waals surface area contributed by atoms with Gasteiger partial charge in [0.25, 0.3) is 5.91 Å². The summed E-state index contributed by atoms with van der Waals surface area (Å²) in [6, 6.07) is 16.3. The Morgan fingerprint density at radius 2 is 2.04 bits per heavy atom. The van der Waals surface area contributed by atoms with Gasteiger partial charge >= 0.3 is 0 Å². The van der Waals surface area contributed by atoms with E-state index in [1.807, 2.05) is 29.2 Å². The fourth-order valence-corrected chi connectivity index (χ4v) is 3.91. The average molecular weight is 337 g/mol. The molecule has 2 aliphatic heterocycles. The molecular weight excluding hydrogens is 314 g/mol. The van der Waals surface area contributed by atoms with Crippen LogP contribution in [-0.4, -0.2) is 37.2 Å². The second-order valence-corrected chi connectivity index (χ2v) is 6.66. The molecule has 0 saturated carbocycles. The molecule has 25 heavy (non-hydrogen) atoms. The van der Waals surface area contributed by atoms with Crippen molar-refractivity contribution in [2.24, 2.45) is 0 Å². The summed E-state index contributed by atoms with van der Waals surface area (Å²) in [5, 5.41) is 0. The molecule has 1 saturated heterocycles. The standard InChI is InChI=1S/C21H23NO3/c1-24-17-10-9-15-11-12-22(21(23)19-8-5-13-25-19)20(18(15)14-17)16-6-3-2-4-7-16/h2-4,6-7,9-10,14,19-20H,5,8,11-13H2,1H3. The van der Waals surface area contributed by atoms with Crippen LogP contribution in [-0.2, 0) is 16.0 Å². The number of methoxy groups -OCH3 is 1. The number of hydrogen-bond acceptors (Lipinski definition) is 3. The minimum absolute atomic E-state index is 0.0863. The largest absolute Gasteiger partial charge is 0.497 e. The van der Waals surface area contributed by atoms with Crippen molar-refractivity contribution >= 4 is 5.91 Å². The van der Waals surface area contributed by atoms with E-state index in [1.54, 1.807) is 7.11 Å². The number of rotatable bonds is 3. The molecule has 1 fully saturated rings. The van der Waals surface area contributed by atoms with E-state index in [-0.39, 0.29) is 18.1 Å². The maximum absolute atomic E-state index is 13.1. The van der Waals surface area contributed by atoms with E-state index in [2.05, 4.69) is 24.3 Å². The number of carbonyl (C=O) groups excluding carboxylic acids is 1. The molecular formula is C21H23NO3. The van der Waals surface area contributed by atoms with E-state index in [4.69, 9.17) is 9.47 Å². The van der Waals surface area contributed by atoms with Gasteiger partial charge in [-0.05, 0) is 48.1 Å². The van der Waals surface area contributed by atoms with E-state index < -0.39 is 0 Å². The third kappa shape index (κ3) is 3.02. The van der Waals surface area contributed by atoms with Gasteiger partial charge in [-0.1, -0.05) is 36.4 Å². The van der Waals surface area contributed by atoms with Crippen molar-refractivity contribution in [3.05, 3.63) is 65.2 Å². The van der Waals surface area contributed by atoms with E-state index in [0.717, 1.165) is 42.7 Å². The number of fused-ring (bicyclic) bond motifs is 1. The predicted molar refractivity (Wildman–Crippen MR) is 95.7 cm³/mol. The van der Waals surface area contributed by atoms with Crippen LogP contribution in [0.2, 0.25) is 0 Å². The Bertz CT molecular complexity index is 753. The molecule has 0 N–H and O–H groups in total. The molecule has 0 bridgehead atoms. The second-order valence-electron chi connectivity index (χ2n) is 6.66. The highest BCUT2D eigenvalue weighted by Crippen LogP contribution is 2.38. The van der Waals surface area contributed by atoms with Gasteiger partial charge in [0.1, 0.15) is 11.9 Å². The lowest BCUT2D eigenvalue weighted by Crippen LogP contribution is -2.45. The fraction of sp³-hybridized carbons (Fsp3) is 0.381. The Hall–Kier alpha value is -2.33. The number of hydrogen-bond donors (Lipinski definition) is 0. The van der Waals surface area contributed by atoms with Gasteiger partial charge in [0.05, 0.1) is 13.2 Å². The lowest BCUT2D eigenvalue weighted by molar-refractivity contribution is -0.143. The Morgan fingerprint density at radius 3 is 2.76 bits per heavy atom. The maximum Gasteiger partial charge on any atom is 0.252 e. The summed E-state index contributed by atoms with van der Waals surface area (Å²) in [5.74, 6) is 0.936. The van der Waals surface area contributed by atoms with Crippen LogP contribution in [0, 0.1) is 0 Å². The average Bonchev–Trinajstić information content (AvgIpc) is 3.21. The van der Waals surface area contributed by atoms with Gasteiger partial charge in [0, 0.05) is 13.2 Å². The van der Waals surface area contributed by atoms with Crippen molar-refractivity contribution in [3.63, 3.8) is 0 Å². The number of ether oxygens (including phenoxy) is 2. The highest BCUT2D eigenvalue weighted by atomic mass is 16.5. The van der Waals surface area contributed by atoms with Crippen LogP contribution in [0.15, 0.2) is 48.5 Å². The van der Waals surface area contributed by atoms with Crippen LogP contribution in [0.3, 0.4) is 0 Å². The van der Waals surface area contributed by atoms with E-state index in [1.165, 1.54) is 5.56 Å². The first-order chi connectivity index (χ1) is 12.3. The summed E-state index contributed by atoms with van der Waals surface area (Å²) in [6.07, 6.45) is 2.35. The zero-order chi connectivity index (χ0) is 17.2. The molecule has 0 spiro atoms. The Labute approximate surface area is 148 Å². The van der Waals surface area contributed by atoms with Crippen molar-refractivity contribution < 1.29 is 14.3 Å². The van der Waals surface area contributed by atoms with Crippen molar-refractivity contribution in [2.45, 2.75) is 31.4 Å². The summed E-state index contributed by atoms with van der Waals surface area (Å²) in [6.45, 7) is 1.41. The molecule has 0 radical (unpaired) electrons. The fourth-order valence-electron chi connectivity index (χ4n) is 3.91. The summed E-state index contributed by atoms with van der Waals surface area (Å²) in [5.41, 5.74) is 3.57. The molecule has 0 aromatic heterocycles. The molecule has 2 aromatic carbocycles. The lowest BCUT2D eigenvalue weighted by atomic mass is 9.87. The van der Waals surface area contributed by atoms with Crippen LogP contribution in [0.5, 0.6) is 5.75 Å². The third-order valence-corrected chi connectivity index (χ3v) is 5.18. The Kier molecular flexibility index (Phi) is 4.45. The van der Waals surface area contributed by atoms with Crippen LogP contribution < -0.4 is 4.74 Å². The molecule has 2 unspecified atom stereocenters. The second kappa shape index (κ2) is 6.89. The summed E-state index contributed by atoms with van der Waals surface area (Å²) in [7, 11) is 1.68. The first kappa shape index (κ1) is 16.2. The molecule has 2 aromatic rings. The Morgan fingerprint density at radius 1 is 1.20 bits per heavy atom. The van der Waals surface area contributed by atoms with Gasteiger partial charge in [-0.15, -0.1) is 0 Å². The Balaban J connectivity index is 1.77. The summed E-state index contributed by atoms with van der Waals surface area (Å²) >= 11 is 0. The number of benzene rings is 2. The maximum atomic E-state index is 13.1. The first-order valence-corrected chi connectivity index (χ1v) is 8.92. The van der Waals surface area contributed by atoms with Gasteiger partial charge in [-0.3, -0.25) is 4.79 Å². The molecule has 4 rings (SSSR count). The minimum Gasteiger partial charge on any atom is -0.497 e. The predicted octanol–water partition coefficient (Wildman–Crippen LogP) is 3.35. The summed E-state index contributed by atoms with van der Waals surface area (Å²) in [4.78, 5) is 15.1. The molecule has 4 nitrogen and oxygen atoms in total. The monoisotopic (exact) mass is 337 g/mol. The zero-order valence-corrected chi connectivity index (χ0v) is 14.5. The number of nitrogens with zero attached hydrogens (tertiary/aromatic N) is 1. The van der Waals surface area contributed by atoms with Gasteiger partial charge in [0.15, 0.2) is 0 Å². The highest BCUT2D eigenvalue weighted by Gasteiger charge is 2.36. The number of carbonyl (C=O) groups is 1. The number of amides is 1. The molecule has 0 aliphatic carbocycles. The molecule has 1 amide bonds. The van der Waals surface area contributed by atoms with Crippen molar-refractivity contribution in [2.75, 3.05) is 20.3 Å². The molecule has 4 heteroatoms. The topological polar surface area (TPSA) is 38.8 Å². The van der Waals surface area contributed by atoms with Gasteiger partial charge in [0.2, 0.25) is 0 Å². The van der Waals surface area contributed by atoms with Crippen LogP contribution >= 0.6 is 0 Å². The quantitative estimate of drug-likeness (QED) is 0.862. The van der Waals surface area contributed by atoms with Crippen LogP contribution in [0.25, 0.3) is 0 Å². The van der Waals surface area contributed by atoms with Gasteiger partial charge in [-0.25, -0.2) is 0 Å². The van der Waals surface area contributed by atoms with Gasteiger partial charge < -0.3 is 14.4 Å². The van der Waals surface area contributed by atoms with Crippen molar-refractivity contribution in [1.82, 2.24) is 4.90 Å². The normalized spacial score (nSPS) is 22.5. The van der Waals surface area contributed by atoms with Crippen molar-refractivity contribution in [1.29, 1.82) is 0 Å². The lowest BCUT2D eigenvalue weighted by Gasteiger charge is -2.39. The SMILES string of the molecule is COc1ccc2c(c1)C(c1ccccc1)N(C(=O)C1CCCO1)CC2. The minimum atomic E-state index is -0.293. The van der Waals surface area contributed by atoms with Gasteiger partial charge in [-0.2, -0.15) is 0 Å². The van der Waals surface area contributed by atoms with Crippen LogP contribution in [0.1, 0.15) is 35.6 Å². The van der Waals surface area contributed by atoms with E-state index >= 15 is 0 Å². The smallest absolute Gasteiger partial charge is 0.252 e. The van der Waals surface area contributed by atoms with E-state index in [9.17, 15) is 4.79 Å². The zero-order valence-electron chi connectivity index (χ0n) is 14.5. The van der Waals surface area contributed by atoms with E-state index in [0.29, 0.717) is 6.61 Å². The highest BCUT2D eigenvalue weighted by molar-refractivity contribution is 5.82. The summed E-state index contributed by atoms with van der Waals surface area (Å²) < 4.78 is 11.1. The molecule has 2 aliphatic rings. The molecule has 2 atom stereocenters. The first-order valence-electron chi connectivity index (χ1n) is 8.92.